The summed E-state index contributed by atoms with van der Waals surface area (Å²) in [5.74, 6) is -0.374. The predicted molar refractivity (Wildman–Crippen MR) is 133 cm³/mol. The number of H-pyrrole nitrogens is 1. The molecule has 2 aromatic heterocycles. The molecule has 0 fully saturated rings. The van der Waals surface area contributed by atoms with E-state index in [9.17, 15) is 14.4 Å². The standard InChI is InChI=1S/C24H17N5O3S2/c30-21(27-29-23(32)20-16-5-1-2-6-17(16)22(31)28-26-20)15-11-9-14(10-12-15)13-33-24-25-18-7-3-4-8-19(18)34-24/h1-12H,13H2,(H,27,30)(H,28,31)(H,29,32). The molecule has 0 saturated heterocycles. The molecule has 34 heavy (non-hydrogen) atoms. The van der Waals surface area contributed by atoms with Crippen LogP contribution in [0.4, 0.5) is 0 Å². The molecule has 2 amide bonds. The van der Waals surface area contributed by atoms with Crippen molar-refractivity contribution in [3.63, 3.8) is 0 Å². The fourth-order valence-corrected chi connectivity index (χ4v) is 5.37. The van der Waals surface area contributed by atoms with Gasteiger partial charge in [0.1, 0.15) is 0 Å². The van der Waals surface area contributed by atoms with Crippen LogP contribution in [-0.4, -0.2) is 27.0 Å². The van der Waals surface area contributed by atoms with Gasteiger partial charge in [-0.25, -0.2) is 10.1 Å². The van der Waals surface area contributed by atoms with Gasteiger partial charge in [-0.15, -0.1) is 11.3 Å². The molecule has 8 nitrogen and oxygen atoms in total. The molecule has 0 radical (unpaired) electrons. The molecular weight excluding hydrogens is 470 g/mol. The number of hydrogen-bond donors (Lipinski definition) is 3. The van der Waals surface area contributed by atoms with Gasteiger partial charge in [0.05, 0.1) is 15.6 Å². The lowest BCUT2D eigenvalue weighted by atomic mass is 10.1. The van der Waals surface area contributed by atoms with Gasteiger partial charge in [0.15, 0.2) is 10.0 Å². The zero-order chi connectivity index (χ0) is 23.5. The second-order valence-electron chi connectivity index (χ2n) is 7.29. The smallest absolute Gasteiger partial charge is 0.267 e. The number of carbonyl (C=O) groups is 2. The first-order valence-electron chi connectivity index (χ1n) is 10.2. The van der Waals surface area contributed by atoms with E-state index in [1.54, 1.807) is 59.5 Å². The first-order valence-corrected chi connectivity index (χ1v) is 12.0. The summed E-state index contributed by atoms with van der Waals surface area (Å²) < 4.78 is 2.15. The number of nitrogens with zero attached hydrogens (tertiary/aromatic N) is 2. The molecule has 168 valence electrons. The van der Waals surface area contributed by atoms with Gasteiger partial charge in [-0.2, -0.15) is 5.10 Å². The Morgan fingerprint density at radius 1 is 0.882 bits per heavy atom. The van der Waals surface area contributed by atoms with Crippen molar-refractivity contribution in [1.29, 1.82) is 0 Å². The fourth-order valence-electron chi connectivity index (χ4n) is 3.34. The van der Waals surface area contributed by atoms with Crippen LogP contribution in [-0.2, 0) is 5.75 Å². The van der Waals surface area contributed by atoms with Crippen molar-refractivity contribution >= 4 is 55.9 Å². The lowest BCUT2D eigenvalue weighted by molar-refractivity contribution is 0.0844. The predicted octanol–water partition coefficient (Wildman–Crippen LogP) is 3.90. The molecule has 0 spiro atoms. The van der Waals surface area contributed by atoms with Crippen molar-refractivity contribution in [1.82, 2.24) is 26.0 Å². The van der Waals surface area contributed by atoms with Crippen LogP contribution in [0.2, 0.25) is 0 Å². The number of hydrazine groups is 1. The van der Waals surface area contributed by atoms with Gasteiger partial charge >= 0.3 is 0 Å². The van der Waals surface area contributed by atoms with Gasteiger partial charge < -0.3 is 0 Å². The largest absolute Gasteiger partial charge is 0.290 e. The second kappa shape index (κ2) is 9.46. The Bertz CT molecular complexity index is 1540. The molecule has 5 aromatic rings. The van der Waals surface area contributed by atoms with Crippen LogP contribution in [0.5, 0.6) is 0 Å². The number of hydrogen-bond acceptors (Lipinski definition) is 7. The van der Waals surface area contributed by atoms with E-state index < -0.39 is 17.4 Å². The number of para-hydroxylation sites is 1. The maximum atomic E-state index is 12.5. The molecule has 5 rings (SSSR count). The number of rotatable bonds is 5. The molecule has 0 saturated carbocycles. The average molecular weight is 488 g/mol. The van der Waals surface area contributed by atoms with Crippen molar-refractivity contribution in [2.45, 2.75) is 10.1 Å². The number of amides is 2. The zero-order valence-electron chi connectivity index (χ0n) is 17.6. The van der Waals surface area contributed by atoms with Gasteiger partial charge in [0.25, 0.3) is 17.4 Å². The van der Waals surface area contributed by atoms with Gasteiger partial charge in [-0.3, -0.25) is 25.2 Å². The SMILES string of the molecule is O=C(NNC(=O)c1n[nH]c(=O)c2ccccc12)c1ccc(CSc2nc3ccccc3s2)cc1. The number of thioether (sulfide) groups is 1. The number of nitrogens with one attached hydrogen (secondary N) is 3. The van der Waals surface area contributed by atoms with Crippen molar-refractivity contribution in [2.24, 2.45) is 0 Å². The minimum Gasteiger partial charge on any atom is -0.267 e. The molecule has 0 aliphatic rings. The van der Waals surface area contributed by atoms with Gasteiger partial charge in [0, 0.05) is 16.7 Å². The Morgan fingerprint density at radius 2 is 1.59 bits per heavy atom. The van der Waals surface area contributed by atoms with Crippen LogP contribution in [0.15, 0.2) is 81.9 Å². The topological polar surface area (TPSA) is 117 Å². The summed E-state index contributed by atoms with van der Waals surface area (Å²) in [7, 11) is 0. The third kappa shape index (κ3) is 4.54. The Hall–Kier alpha value is -4.02. The summed E-state index contributed by atoms with van der Waals surface area (Å²) in [5.41, 5.74) is 6.80. The minimum atomic E-state index is -0.635. The number of fused-ring (bicyclic) bond motifs is 2. The highest BCUT2D eigenvalue weighted by Gasteiger charge is 2.15. The molecule has 2 heterocycles. The third-order valence-corrected chi connectivity index (χ3v) is 7.30. The van der Waals surface area contributed by atoms with E-state index in [2.05, 4.69) is 32.1 Å². The molecule has 3 aromatic carbocycles. The van der Waals surface area contributed by atoms with Gasteiger partial charge in [-0.1, -0.05) is 54.2 Å². The molecule has 0 aliphatic carbocycles. The van der Waals surface area contributed by atoms with Crippen LogP contribution in [0.1, 0.15) is 26.4 Å². The quantitative estimate of drug-likeness (QED) is 0.256. The molecule has 0 atom stereocenters. The Kier molecular flexibility index (Phi) is 6.07. The van der Waals surface area contributed by atoms with Gasteiger partial charge in [0.2, 0.25) is 0 Å². The van der Waals surface area contributed by atoms with E-state index in [0.29, 0.717) is 16.3 Å². The van der Waals surface area contributed by atoms with Crippen molar-refractivity contribution in [3.8, 4) is 0 Å². The molecular formula is C24H17N5O3S2. The normalized spacial score (nSPS) is 10.9. The van der Waals surface area contributed by atoms with E-state index in [1.165, 1.54) is 0 Å². The van der Waals surface area contributed by atoms with Crippen LogP contribution < -0.4 is 16.4 Å². The fraction of sp³-hybridized carbons (Fsp3) is 0.0417. The van der Waals surface area contributed by atoms with Crippen LogP contribution in [0.25, 0.3) is 21.0 Å². The number of aromatic nitrogens is 3. The Labute approximate surface area is 201 Å². The van der Waals surface area contributed by atoms with E-state index in [0.717, 1.165) is 25.9 Å². The van der Waals surface area contributed by atoms with E-state index in [4.69, 9.17) is 0 Å². The van der Waals surface area contributed by atoms with Crippen molar-refractivity contribution < 1.29 is 9.59 Å². The lowest BCUT2D eigenvalue weighted by Crippen LogP contribution is -2.42. The number of carbonyl (C=O) groups excluding carboxylic acids is 2. The molecule has 0 unspecified atom stereocenters. The highest BCUT2D eigenvalue weighted by atomic mass is 32.2. The third-order valence-electron chi connectivity index (χ3n) is 5.05. The van der Waals surface area contributed by atoms with Crippen molar-refractivity contribution in [3.05, 3.63) is 100.0 Å². The van der Waals surface area contributed by atoms with E-state index in [-0.39, 0.29) is 5.69 Å². The minimum absolute atomic E-state index is 0.0118. The summed E-state index contributed by atoms with van der Waals surface area (Å²) in [4.78, 5) is 41.5. The maximum absolute atomic E-state index is 12.5. The first kappa shape index (κ1) is 21.8. The van der Waals surface area contributed by atoms with Gasteiger partial charge in [-0.05, 0) is 35.9 Å². The zero-order valence-corrected chi connectivity index (χ0v) is 19.2. The molecule has 3 N–H and O–H groups in total. The summed E-state index contributed by atoms with van der Waals surface area (Å²) in [6.07, 6.45) is 0. The molecule has 0 aliphatic heterocycles. The van der Waals surface area contributed by atoms with E-state index >= 15 is 0 Å². The summed E-state index contributed by atoms with van der Waals surface area (Å²) >= 11 is 3.30. The molecule has 10 heteroatoms. The summed E-state index contributed by atoms with van der Waals surface area (Å²) in [5, 5.41) is 6.85. The van der Waals surface area contributed by atoms with Crippen LogP contribution in [0, 0.1) is 0 Å². The first-order chi connectivity index (χ1) is 16.6. The number of benzene rings is 3. The summed E-state index contributed by atoms with van der Waals surface area (Å²) in [6, 6.07) is 21.8. The lowest BCUT2D eigenvalue weighted by Gasteiger charge is -2.09. The van der Waals surface area contributed by atoms with Crippen molar-refractivity contribution in [2.75, 3.05) is 0 Å². The molecule has 0 bridgehead atoms. The number of aromatic amines is 1. The second-order valence-corrected chi connectivity index (χ2v) is 9.54. The number of thiazole rings is 1. The van der Waals surface area contributed by atoms with E-state index in [1.807, 2.05) is 30.3 Å². The highest BCUT2D eigenvalue weighted by molar-refractivity contribution is 8.00. The van der Waals surface area contributed by atoms with Crippen LogP contribution >= 0.6 is 23.1 Å². The monoisotopic (exact) mass is 487 g/mol. The average Bonchev–Trinajstić information content (AvgIpc) is 3.30. The van der Waals surface area contributed by atoms with Crippen LogP contribution in [0.3, 0.4) is 0 Å². The Balaban J connectivity index is 1.19. The maximum Gasteiger partial charge on any atom is 0.290 e. The Morgan fingerprint density at radius 3 is 2.38 bits per heavy atom. The highest BCUT2D eigenvalue weighted by Crippen LogP contribution is 2.31. The summed E-state index contributed by atoms with van der Waals surface area (Å²) in [6.45, 7) is 0.